The zero-order valence-corrected chi connectivity index (χ0v) is 9.54. The van der Waals surface area contributed by atoms with Gasteiger partial charge in [-0.3, -0.25) is 9.88 Å². The molecule has 1 unspecified atom stereocenters. The van der Waals surface area contributed by atoms with E-state index in [0.717, 1.165) is 11.6 Å². The van der Waals surface area contributed by atoms with Gasteiger partial charge in [0.15, 0.2) is 0 Å². The lowest BCUT2D eigenvalue weighted by Gasteiger charge is -2.24. The molecule has 0 bridgehead atoms. The summed E-state index contributed by atoms with van der Waals surface area (Å²) in [6, 6.07) is 3.00. The van der Waals surface area contributed by atoms with Crippen molar-refractivity contribution < 1.29 is 0 Å². The van der Waals surface area contributed by atoms with Crippen LogP contribution < -0.4 is 0 Å². The second-order valence-corrected chi connectivity index (χ2v) is 4.58. The third-order valence-electron chi connectivity index (χ3n) is 2.88. The van der Waals surface area contributed by atoms with Gasteiger partial charge in [-0.25, -0.2) is 0 Å². The maximum Gasteiger partial charge on any atom is 0.0618 e. The molecule has 1 aliphatic heterocycles. The highest BCUT2D eigenvalue weighted by molar-refractivity contribution is 6.30. The first kappa shape index (κ1) is 9.94. The minimum atomic E-state index is 0.419. The van der Waals surface area contributed by atoms with E-state index >= 15 is 0 Å². The van der Waals surface area contributed by atoms with Gasteiger partial charge in [-0.15, -0.1) is 0 Å². The summed E-state index contributed by atoms with van der Waals surface area (Å²) < 4.78 is 0. The van der Waals surface area contributed by atoms with Crippen molar-refractivity contribution >= 4 is 11.6 Å². The molecule has 1 atom stereocenters. The van der Waals surface area contributed by atoms with Gasteiger partial charge < -0.3 is 0 Å². The van der Waals surface area contributed by atoms with Crippen molar-refractivity contribution in [2.24, 2.45) is 0 Å². The topological polar surface area (TPSA) is 16.1 Å². The van der Waals surface area contributed by atoms with E-state index in [9.17, 15) is 0 Å². The SMILES string of the molecule is CC(C)N1Cc2cc(Cl)cnc2C1C. The molecular weight excluding hydrogens is 196 g/mol. The number of fused-ring (bicyclic) bond motifs is 1. The van der Waals surface area contributed by atoms with E-state index in [1.807, 2.05) is 6.07 Å². The molecule has 0 saturated carbocycles. The molecule has 1 aliphatic rings. The van der Waals surface area contributed by atoms with Crippen molar-refractivity contribution in [2.75, 3.05) is 0 Å². The van der Waals surface area contributed by atoms with Gasteiger partial charge in [0.25, 0.3) is 0 Å². The van der Waals surface area contributed by atoms with Gasteiger partial charge in [-0.2, -0.15) is 0 Å². The Labute approximate surface area is 89.9 Å². The number of nitrogens with zero attached hydrogens (tertiary/aromatic N) is 2. The zero-order chi connectivity index (χ0) is 10.3. The van der Waals surface area contributed by atoms with E-state index in [4.69, 9.17) is 11.6 Å². The average Bonchev–Trinajstić information content (AvgIpc) is 2.43. The van der Waals surface area contributed by atoms with Crippen molar-refractivity contribution in [1.82, 2.24) is 9.88 Å². The van der Waals surface area contributed by atoms with Gasteiger partial charge in [0, 0.05) is 18.8 Å². The predicted molar refractivity (Wildman–Crippen MR) is 58.3 cm³/mol. The van der Waals surface area contributed by atoms with E-state index in [2.05, 4.69) is 30.7 Å². The molecule has 0 N–H and O–H groups in total. The maximum absolute atomic E-state index is 5.92. The van der Waals surface area contributed by atoms with E-state index in [1.54, 1.807) is 6.20 Å². The molecule has 76 valence electrons. The lowest BCUT2D eigenvalue weighted by atomic mass is 10.2. The second kappa shape index (κ2) is 3.52. The largest absolute Gasteiger partial charge is 0.288 e. The fraction of sp³-hybridized carbons (Fsp3) is 0.545. The van der Waals surface area contributed by atoms with Crippen LogP contribution in [-0.2, 0) is 6.54 Å². The predicted octanol–water partition coefficient (Wildman–Crippen LogP) is 3.02. The molecule has 0 radical (unpaired) electrons. The Hall–Kier alpha value is -0.600. The monoisotopic (exact) mass is 210 g/mol. The summed E-state index contributed by atoms with van der Waals surface area (Å²) in [6.45, 7) is 7.60. The third-order valence-corrected chi connectivity index (χ3v) is 3.08. The number of hydrogen-bond acceptors (Lipinski definition) is 2. The van der Waals surface area contributed by atoms with Gasteiger partial charge in [-0.1, -0.05) is 11.6 Å². The molecule has 1 aromatic heterocycles. The van der Waals surface area contributed by atoms with Crippen LogP contribution in [0.2, 0.25) is 5.02 Å². The van der Waals surface area contributed by atoms with Crippen LogP contribution in [0.5, 0.6) is 0 Å². The molecule has 0 fully saturated rings. The van der Waals surface area contributed by atoms with Crippen LogP contribution in [0.1, 0.15) is 38.1 Å². The number of aromatic nitrogens is 1. The second-order valence-electron chi connectivity index (χ2n) is 4.14. The molecule has 0 aliphatic carbocycles. The van der Waals surface area contributed by atoms with Crippen molar-refractivity contribution in [1.29, 1.82) is 0 Å². The Morgan fingerprint density at radius 1 is 1.57 bits per heavy atom. The van der Waals surface area contributed by atoms with Crippen molar-refractivity contribution in [2.45, 2.75) is 39.4 Å². The third kappa shape index (κ3) is 1.53. The fourth-order valence-corrected chi connectivity index (χ4v) is 2.30. The fourth-order valence-electron chi connectivity index (χ4n) is 2.12. The Morgan fingerprint density at radius 2 is 2.29 bits per heavy atom. The van der Waals surface area contributed by atoms with Crippen LogP contribution in [0.4, 0.5) is 0 Å². The molecule has 1 aromatic rings. The number of rotatable bonds is 1. The van der Waals surface area contributed by atoms with Crippen LogP contribution in [0, 0.1) is 0 Å². The standard InChI is InChI=1S/C11H15ClN2/c1-7(2)14-6-9-4-10(12)5-13-11(9)8(14)3/h4-5,7-8H,6H2,1-3H3. The Kier molecular flexibility index (Phi) is 2.50. The van der Waals surface area contributed by atoms with E-state index < -0.39 is 0 Å². The summed E-state index contributed by atoms with van der Waals surface area (Å²) in [7, 11) is 0. The summed E-state index contributed by atoms with van der Waals surface area (Å²) in [5.41, 5.74) is 2.46. The molecule has 14 heavy (non-hydrogen) atoms. The highest BCUT2D eigenvalue weighted by Crippen LogP contribution is 2.34. The van der Waals surface area contributed by atoms with Crippen LogP contribution in [0.3, 0.4) is 0 Å². The Bertz CT molecular complexity index is 349. The van der Waals surface area contributed by atoms with Crippen LogP contribution in [0.15, 0.2) is 12.3 Å². The normalized spacial score (nSPS) is 21.6. The molecule has 0 amide bonds. The van der Waals surface area contributed by atoms with Gasteiger partial charge >= 0.3 is 0 Å². The first-order chi connectivity index (χ1) is 6.59. The van der Waals surface area contributed by atoms with Gasteiger partial charge in [0.2, 0.25) is 0 Å². The van der Waals surface area contributed by atoms with E-state index in [-0.39, 0.29) is 0 Å². The Morgan fingerprint density at radius 3 is 2.93 bits per heavy atom. The molecule has 0 saturated heterocycles. The highest BCUT2D eigenvalue weighted by Gasteiger charge is 2.29. The molecule has 2 nitrogen and oxygen atoms in total. The summed E-state index contributed by atoms with van der Waals surface area (Å²) >= 11 is 5.92. The molecule has 3 heteroatoms. The smallest absolute Gasteiger partial charge is 0.0618 e. The van der Waals surface area contributed by atoms with Gasteiger partial charge in [0.05, 0.1) is 16.8 Å². The minimum Gasteiger partial charge on any atom is -0.288 e. The average molecular weight is 211 g/mol. The van der Waals surface area contributed by atoms with E-state index in [0.29, 0.717) is 12.1 Å². The van der Waals surface area contributed by atoms with Crippen LogP contribution in [0.25, 0.3) is 0 Å². The van der Waals surface area contributed by atoms with Gasteiger partial charge in [0.1, 0.15) is 0 Å². The Balaban J connectivity index is 2.35. The van der Waals surface area contributed by atoms with E-state index in [1.165, 1.54) is 11.3 Å². The molecule has 0 spiro atoms. The number of hydrogen-bond donors (Lipinski definition) is 0. The maximum atomic E-state index is 5.92. The minimum absolute atomic E-state index is 0.419. The quantitative estimate of drug-likeness (QED) is 0.709. The number of pyridine rings is 1. The first-order valence-corrected chi connectivity index (χ1v) is 5.37. The lowest BCUT2D eigenvalue weighted by molar-refractivity contribution is 0.178. The molecule has 2 rings (SSSR count). The van der Waals surface area contributed by atoms with Crippen molar-refractivity contribution in [3.05, 3.63) is 28.5 Å². The van der Waals surface area contributed by atoms with Gasteiger partial charge in [-0.05, 0) is 32.4 Å². The van der Waals surface area contributed by atoms with Crippen molar-refractivity contribution in [3.8, 4) is 0 Å². The molecular formula is C11H15ClN2. The first-order valence-electron chi connectivity index (χ1n) is 4.99. The van der Waals surface area contributed by atoms with Crippen LogP contribution in [-0.4, -0.2) is 15.9 Å². The summed E-state index contributed by atoms with van der Waals surface area (Å²) in [5, 5.41) is 0.738. The van der Waals surface area contributed by atoms with Crippen molar-refractivity contribution in [3.63, 3.8) is 0 Å². The summed E-state index contributed by atoms with van der Waals surface area (Å²) in [5.74, 6) is 0. The lowest BCUT2D eigenvalue weighted by Crippen LogP contribution is -2.27. The summed E-state index contributed by atoms with van der Waals surface area (Å²) in [6.07, 6.45) is 1.74. The molecule has 0 aromatic carbocycles. The zero-order valence-electron chi connectivity index (χ0n) is 8.79. The summed E-state index contributed by atoms with van der Waals surface area (Å²) in [4.78, 5) is 6.82. The number of halogens is 1. The molecule has 2 heterocycles. The highest BCUT2D eigenvalue weighted by atomic mass is 35.5. The van der Waals surface area contributed by atoms with Crippen LogP contribution >= 0.6 is 11.6 Å².